The van der Waals surface area contributed by atoms with Crippen LogP contribution < -0.4 is 26.0 Å². The van der Waals surface area contributed by atoms with Gasteiger partial charge in [-0.2, -0.15) is 0 Å². The van der Waals surface area contributed by atoms with E-state index in [1.807, 2.05) is 172 Å². The first-order valence-electron chi connectivity index (χ1n) is 33.1. The Morgan fingerprint density at radius 2 is 0.956 bits per heavy atom. The molecule has 6 aromatic rings. The molecular formula is C78H110N12O. The van der Waals surface area contributed by atoms with Crippen LogP contribution in [0.25, 0.3) is 0 Å². The number of ether oxygens (including phenoxy) is 1. The van der Waals surface area contributed by atoms with Crippen molar-refractivity contribution in [1.82, 2.24) is 0 Å². The molecule has 0 bridgehead atoms. The fourth-order valence-corrected chi connectivity index (χ4v) is 9.94. The van der Waals surface area contributed by atoms with Crippen molar-refractivity contribution in [2.75, 3.05) is 34.9 Å². The monoisotopic (exact) mass is 1230 g/mol. The zero-order chi connectivity index (χ0) is 66.7. The van der Waals surface area contributed by atoms with Gasteiger partial charge in [0, 0.05) is 52.1 Å². The first-order valence-corrected chi connectivity index (χ1v) is 33.1. The number of methoxy groups -OCH3 is 1. The molecule has 0 spiro atoms. The minimum absolute atomic E-state index is 0.399. The summed E-state index contributed by atoms with van der Waals surface area (Å²) in [6, 6.07) is 49.3. The normalized spacial score (nSPS) is 13.0. The molecule has 13 nitrogen and oxygen atoms in total. The van der Waals surface area contributed by atoms with E-state index < -0.39 is 0 Å². The van der Waals surface area contributed by atoms with Crippen molar-refractivity contribution < 1.29 is 4.74 Å². The van der Waals surface area contributed by atoms with E-state index in [4.69, 9.17) is 24.7 Å². The standard InChI is InChI=1S/C26H37N3.C18H21N3O.C18H29N3.C16H23N3/c1-16(2)21-13-10-12-20(9)24(21)28-26(27-19(7)8)29-25-22(17(3)4)14-11-15-23(25)18(5)6;1-13(2)19-18(20-15-8-6-5-7-9-15)21-16-10-11-17(22-4)14(3)12-16;1-5-7-11-16(6-2)14-19-18(20-15(3)4)21-17-12-9-8-10-13-17;1-13(2)17-16(18-14-9-5-3-6-10-14)19-15-11-7-4-8-12-15/h10-18H,1-9H3,(H,28,29);5-12H,1-4H3,(H,20,21);8-10,12-13,16H,5-7,11,14H2,1-4H3,(H,19,21);3,5-6,9-10,15H,4,7-8,11-12H2,1-2H3,(H,18,19). The van der Waals surface area contributed by atoms with E-state index in [9.17, 15) is 0 Å². The Kier molecular flexibility index (Phi) is 34.0. The van der Waals surface area contributed by atoms with Crippen LogP contribution in [-0.4, -0.2) is 66.4 Å². The Labute approximate surface area is 549 Å². The number of benzene rings is 6. The van der Waals surface area contributed by atoms with Crippen LogP contribution in [0.5, 0.6) is 5.75 Å². The predicted octanol–water partition coefficient (Wildman–Crippen LogP) is 21.9. The number of hydrogen-bond donors (Lipinski definition) is 4. The second-order valence-corrected chi connectivity index (χ2v) is 25.0. The average molecular weight is 1230 g/mol. The number of nitrogens with zero attached hydrogens (tertiary/aromatic N) is 8. The number of para-hydroxylation sites is 5. The van der Waals surface area contributed by atoms with Crippen molar-refractivity contribution in [2.45, 2.75) is 206 Å². The summed E-state index contributed by atoms with van der Waals surface area (Å²) < 4.78 is 5.28. The lowest BCUT2D eigenvalue weighted by atomic mass is 9.93. The van der Waals surface area contributed by atoms with Crippen LogP contribution in [-0.2, 0) is 0 Å². The molecule has 1 saturated carbocycles. The molecule has 4 N–H and O–H groups in total. The maximum Gasteiger partial charge on any atom is 0.227 e. The quantitative estimate of drug-likeness (QED) is 0.0528. The molecule has 1 fully saturated rings. The fraction of sp³-hybridized carbons (Fsp3) is 0.436. The Hall–Kier alpha value is -8.32. The van der Waals surface area contributed by atoms with Gasteiger partial charge in [0.25, 0.3) is 0 Å². The molecule has 6 aromatic carbocycles. The van der Waals surface area contributed by atoms with Crippen LogP contribution in [0.3, 0.4) is 0 Å². The first-order chi connectivity index (χ1) is 43.6. The zero-order valence-corrected chi connectivity index (χ0v) is 58.8. The van der Waals surface area contributed by atoms with Crippen molar-refractivity contribution in [1.29, 1.82) is 0 Å². The molecule has 1 atom stereocenters. The summed E-state index contributed by atoms with van der Waals surface area (Å²) in [6.45, 7) is 38.7. The molecule has 0 aliphatic heterocycles. The van der Waals surface area contributed by atoms with Crippen LogP contribution in [0.15, 0.2) is 186 Å². The highest BCUT2D eigenvalue weighted by molar-refractivity contribution is 6.05. The summed E-state index contributed by atoms with van der Waals surface area (Å²) >= 11 is 0. The Morgan fingerprint density at radius 3 is 1.45 bits per heavy atom. The molecule has 488 valence electrons. The number of anilines is 4. The summed E-state index contributed by atoms with van der Waals surface area (Å²) in [5.74, 6) is 5.42. The van der Waals surface area contributed by atoms with Gasteiger partial charge in [0.2, 0.25) is 23.8 Å². The third-order valence-corrected chi connectivity index (χ3v) is 14.7. The van der Waals surface area contributed by atoms with E-state index in [0.29, 0.717) is 41.6 Å². The molecule has 1 aliphatic rings. The van der Waals surface area contributed by atoms with Crippen molar-refractivity contribution in [3.05, 3.63) is 173 Å². The first kappa shape index (κ1) is 75.1. The lowest BCUT2D eigenvalue weighted by Gasteiger charge is -2.21. The number of guanidine groups is 4. The molecule has 0 amide bonds. The van der Waals surface area contributed by atoms with Gasteiger partial charge in [-0.05, 0) is 195 Å². The van der Waals surface area contributed by atoms with Gasteiger partial charge in [0.1, 0.15) is 5.75 Å². The lowest BCUT2D eigenvalue weighted by Crippen LogP contribution is -2.17. The highest BCUT2D eigenvalue weighted by Gasteiger charge is 2.18. The molecule has 1 unspecified atom stereocenters. The summed E-state index contributed by atoms with van der Waals surface area (Å²) in [5.41, 5.74) is 16.0. The topological polar surface area (TPSA) is 156 Å². The summed E-state index contributed by atoms with van der Waals surface area (Å²) in [6.07, 6.45) is 11.3. The van der Waals surface area contributed by atoms with E-state index in [-0.39, 0.29) is 0 Å². The van der Waals surface area contributed by atoms with E-state index in [0.717, 1.165) is 86.7 Å². The van der Waals surface area contributed by atoms with Crippen LogP contribution in [0.1, 0.15) is 214 Å². The average Bonchev–Trinajstić information content (AvgIpc) is 1.34. The number of unbranched alkanes of at least 4 members (excludes halogenated alkanes) is 1. The Morgan fingerprint density at radius 1 is 0.484 bits per heavy atom. The summed E-state index contributed by atoms with van der Waals surface area (Å²) in [7, 11) is 1.67. The summed E-state index contributed by atoms with van der Waals surface area (Å²) in [4.78, 5) is 37.3. The van der Waals surface area contributed by atoms with E-state index in [2.05, 4.69) is 140 Å². The predicted molar refractivity (Wildman–Crippen MR) is 401 cm³/mol. The van der Waals surface area contributed by atoms with Crippen molar-refractivity contribution in [2.24, 2.45) is 45.9 Å². The van der Waals surface area contributed by atoms with E-state index in [1.54, 1.807) is 7.11 Å². The maximum absolute atomic E-state index is 5.28. The highest BCUT2D eigenvalue weighted by atomic mass is 16.5. The molecule has 0 saturated heterocycles. The molecule has 1 aliphatic carbocycles. The van der Waals surface area contributed by atoms with Crippen molar-refractivity contribution in [3.63, 3.8) is 0 Å². The maximum atomic E-state index is 5.28. The van der Waals surface area contributed by atoms with Gasteiger partial charge >= 0.3 is 0 Å². The third kappa shape index (κ3) is 29.0. The molecule has 0 heterocycles. The van der Waals surface area contributed by atoms with Crippen LogP contribution in [0.2, 0.25) is 0 Å². The van der Waals surface area contributed by atoms with E-state index in [1.165, 1.54) is 80.0 Å². The highest BCUT2D eigenvalue weighted by Crippen LogP contribution is 2.35. The molecule has 13 heteroatoms. The Balaban J connectivity index is 0.000000262. The van der Waals surface area contributed by atoms with Gasteiger partial charge in [-0.25, -0.2) is 34.9 Å². The zero-order valence-electron chi connectivity index (χ0n) is 58.8. The smallest absolute Gasteiger partial charge is 0.227 e. The van der Waals surface area contributed by atoms with Gasteiger partial charge in [0.15, 0.2) is 0 Å². The largest absolute Gasteiger partial charge is 0.496 e. The molecular weight excluding hydrogens is 1120 g/mol. The van der Waals surface area contributed by atoms with Crippen LogP contribution >= 0.6 is 0 Å². The SMILES string of the molecule is CC(C)=NC(=NC1CCCCC1)Nc1ccccc1.CC(C)=NC(=Nc1c(C)cccc1C(C)C)Nc1c(C(C)C)cccc1C(C)C.CCCCC(CC)CN=C(N=C(C)C)Nc1ccccc1.COc1ccc(NC(N=C(C)C)=Nc2ccccc2)cc1C. The number of aliphatic imine (C=N–C) groups is 8. The molecule has 91 heavy (non-hydrogen) atoms. The van der Waals surface area contributed by atoms with Crippen molar-refractivity contribution in [3.8, 4) is 5.75 Å². The van der Waals surface area contributed by atoms with Gasteiger partial charge in [0.05, 0.1) is 24.5 Å². The second kappa shape index (κ2) is 41.1. The van der Waals surface area contributed by atoms with Gasteiger partial charge in [-0.1, -0.05) is 185 Å². The van der Waals surface area contributed by atoms with E-state index >= 15 is 0 Å². The Bertz CT molecular complexity index is 3320. The number of rotatable bonds is 17. The van der Waals surface area contributed by atoms with Gasteiger partial charge in [-0.15, -0.1) is 0 Å². The van der Waals surface area contributed by atoms with Gasteiger partial charge < -0.3 is 26.0 Å². The minimum atomic E-state index is 0.399. The second-order valence-electron chi connectivity index (χ2n) is 25.0. The van der Waals surface area contributed by atoms with Crippen molar-refractivity contribution >= 4 is 80.8 Å². The molecule has 0 aromatic heterocycles. The van der Waals surface area contributed by atoms with Crippen LogP contribution in [0.4, 0.5) is 34.1 Å². The van der Waals surface area contributed by atoms with Gasteiger partial charge in [-0.3, -0.25) is 4.99 Å². The number of hydrogen-bond acceptors (Lipinski definition) is 5. The lowest BCUT2D eigenvalue weighted by molar-refractivity contribution is 0.412. The molecule has 0 radical (unpaired) electrons. The fourth-order valence-electron chi connectivity index (χ4n) is 9.94. The minimum Gasteiger partial charge on any atom is -0.496 e. The third-order valence-electron chi connectivity index (χ3n) is 14.7. The van der Waals surface area contributed by atoms with Crippen LogP contribution in [0, 0.1) is 19.8 Å². The molecule has 7 rings (SSSR count). The number of nitrogens with one attached hydrogen (secondary N) is 4. The summed E-state index contributed by atoms with van der Waals surface area (Å²) in [5, 5.41) is 13.5. The number of aryl methyl sites for hydroxylation is 2.